The molecule has 1 unspecified atom stereocenters. The molecule has 107 valence electrons. The number of alkyl halides is 3. The first-order chi connectivity index (χ1) is 8.20. The Morgan fingerprint density at radius 3 is 2.21 bits per heavy atom. The van der Waals surface area contributed by atoms with Gasteiger partial charge in [0, 0.05) is 44.5 Å². The SMILES string of the molecule is CC(C)O.[NH-]CC(F)(F)C(F)c1cccc(N)c1.[Y]. The third kappa shape index (κ3) is 8.58. The van der Waals surface area contributed by atoms with Crippen molar-refractivity contribution in [3.05, 3.63) is 35.6 Å². The summed E-state index contributed by atoms with van der Waals surface area (Å²) in [5.41, 5.74) is 11.9. The maximum atomic E-state index is 13.2. The van der Waals surface area contributed by atoms with Crippen LogP contribution in [0.2, 0.25) is 0 Å². The zero-order chi connectivity index (χ0) is 14.3. The van der Waals surface area contributed by atoms with Crippen molar-refractivity contribution in [1.82, 2.24) is 0 Å². The van der Waals surface area contributed by atoms with Gasteiger partial charge in [0.2, 0.25) is 0 Å². The Kier molecular flexibility index (Phi) is 10.8. The largest absolute Gasteiger partial charge is 0.672 e. The van der Waals surface area contributed by atoms with E-state index in [1.165, 1.54) is 18.2 Å². The first-order valence-electron chi connectivity index (χ1n) is 5.40. The summed E-state index contributed by atoms with van der Waals surface area (Å²) < 4.78 is 38.7. The number of benzene rings is 1. The van der Waals surface area contributed by atoms with Crippen LogP contribution in [0, 0.1) is 0 Å². The predicted molar refractivity (Wildman–Crippen MR) is 66.2 cm³/mol. The van der Waals surface area contributed by atoms with Gasteiger partial charge in [0.25, 0.3) is 5.92 Å². The summed E-state index contributed by atoms with van der Waals surface area (Å²) in [6, 6.07) is 5.26. The van der Waals surface area contributed by atoms with Crippen molar-refractivity contribution in [3.8, 4) is 0 Å². The van der Waals surface area contributed by atoms with E-state index < -0.39 is 18.6 Å². The monoisotopic (exact) mass is 352 g/mol. The normalized spacial score (nSPS) is 12.2. The molecule has 0 bridgehead atoms. The molecule has 0 aliphatic heterocycles. The van der Waals surface area contributed by atoms with Gasteiger partial charge in [-0.1, -0.05) is 18.7 Å². The molecular formula is C12H18F3N2OY-. The Labute approximate surface area is 136 Å². The van der Waals surface area contributed by atoms with Crippen LogP contribution in [0.3, 0.4) is 0 Å². The summed E-state index contributed by atoms with van der Waals surface area (Å²) >= 11 is 0. The Morgan fingerprint density at radius 2 is 1.84 bits per heavy atom. The number of hydrogen-bond donors (Lipinski definition) is 2. The number of nitrogens with one attached hydrogen (secondary N) is 1. The molecule has 0 aliphatic rings. The van der Waals surface area contributed by atoms with Gasteiger partial charge < -0.3 is 16.6 Å². The molecule has 0 aliphatic carbocycles. The van der Waals surface area contributed by atoms with Crippen molar-refractivity contribution in [3.63, 3.8) is 0 Å². The van der Waals surface area contributed by atoms with E-state index in [0.717, 1.165) is 6.07 Å². The fraction of sp³-hybridized carbons (Fsp3) is 0.500. The van der Waals surface area contributed by atoms with Crippen molar-refractivity contribution in [2.45, 2.75) is 32.0 Å². The van der Waals surface area contributed by atoms with Crippen LogP contribution in [0.5, 0.6) is 0 Å². The third-order valence-corrected chi connectivity index (χ3v) is 1.81. The fourth-order valence-corrected chi connectivity index (χ4v) is 1.05. The average Bonchev–Trinajstić information content (AvgIpc) is 2.27. The quantitative estimate of drug-likeness (QED) is 0.819. The molecule has 19 heavy (non-hydrogen) atoms. The molecule has 1 aromatic rings. The van der Waals surface area contributed by atoms with Gasteiger partial charge in [-0.05, 0) is 31.5 Å². The fourth-order valence-electron chi connectivity index (χ4n) is 1.05. The minimum atomic E-state index is -3.66. The molecular weight excluding hydrogens is 334 g/mol. The maximum Gasteiger partial charge on any atom is 0.264 e. The molecule has 1 atom stereocenters. The van der Waals surface area contributed by atoms with E-state index in [2.05, 4.69) is 0 Å². The van der Waals surface area contributed by atoms with Gasteiger partial charge in [-0.15, -0.1) is 0 Å². The van der Waals surface area contributed by atoms with Gasteiger partial charge in [-0.3, -0.25) is 0 Å². The summed E-state index contributed by atoms with van der Waals surface area (Å²) in [7, 11) is 0. The minimum absolute atomic E-state index is 0. The number of nitrogens with two attached hydrogens (primary N) is 1. The first kappa shape index (κ1) is 21.1. The van der Waals surface area contributed by atoms with E-state index in [4.69, 9.17) is 16.6 Å². The number of halogens is 3. The van der Waals surface area contributed by atoms with Gasteiger partial charge in [0.15, 0.2) is 6.17 Å². The number of aliphatic hydroxyl groups is 1. The number of hydrogen-bond acceptors (Lipinski definition) is 2. The summed E-state index contributed by atoms with van der Waals surface area (Å²) in [4.78, 5) is 0. The molecule has 0 amide bonds. The summed E-state index contributed by atoms with van der Waals surface area (Å²) in [5.74, 6) is -3.66. The number of aliphatic hydroxyl groups excluding tert-OH is 1. The Morgan fingerprint density at radius 1 is 1.37 bits per heavy atom. The molecule has 0 spiro atoms. The van der Waals surface area contributed by atoms with Crippen LogP contribution in [-0.2, 0) is 32.7 Å². The van der Waals surface area contributed by atoms with E-state index in [9.17, 15) is 13.2 Å². The second-order valence-electron chi connectivity index (χ2n) is 4.06. The van der Waals surface area contributed by atoms with Gasteiger partial charge in [0.05, 0.1) is 0 Å². The summed E-state index contributed by atoms with van der Waals surface area (Å²) in [6.45, 7) is 2.17. The van der Waals surface area contributed by atoms with Crippen LogP contribution in [0.15, 0.2) is 24.3 Å². The molecule has 1 radical (unpaired) electrons. The van der Waals surface area contributed by atoms with Gasteiger partial charge in [-0.2, -0.15) is 0 Å². The number of nitrogen functional groups attached to an aromatic ring is 1. The zero-order valence-electron chi connectivity index (χ0n) is 10.9. The molecule has 0 saturated heterocycles. The molecule has 0 heterocycles. The van der Waals surface area contributed by atoms with Crippen LogP contribution < -0.4 is 5.73 Å². The van der Waals surface area contributed by atoms with Gasteiger partial charge >= 0.3 is 0 Å². The minimum Gasteiger partial charge on any atom is -0.672 e. The van der Waals surface area contributed by atoms with Crippen LogP contribution in [-0.4, -0.2) is 23.7 Å². The molecule has 1 aromatic carbocycles. The smallest absolute Gasteiger partial charge is 0.264 e. The van der Waals surface area contributed by atoms with Gasteiger partial charge in [0.1, 0.15) is 0 Å². The summed E-state index contributed by atoms with van der Waals surface area (Å²) in [5, 5.41) is 8.06. The molecule has 4 N–H and O–H groups in total. The molecule has 7 heteroatoms. The molecule has 1 rings (SSSR count). The number of anilines is 1. The summed E-state index contributed by atoms with van der Waals surface area (Å²) in [6.07, 6.45) is -2.64. The van der Waals surface area contributed by atoms with Crippen molar-refractivity contribution >= 4 is 5.69 Å². The van der Waals surface area contributed by atoms with E-state index in [1.807, 2.05) is 0 Å². The standard InChI is InChI=1S/C9H10F3N2.C3H8O.Y/c10-8(9(11,12)5-13)6-2-1-3-7(14)4-6;1-3(2)4;/h1-4,8,13H,5,14H2;3-4H,1-2H3;/q-1;;. The van der Waals surface area contributed by atoms with Gasteiger partial charge in [-0.25, -0.2) is 13.2 Å². The second-order valence-corrected chi connectivity index (χ2v) is 4.06. The predicted octanol–water partition coefficient (Wildman–Crippen LogP) is 3.35. The van der Waals surface area contributed by atoms with E-state index >= 15 is 0 Å². The third-order valence-electron chi connectivity index (χ3n) is 1.81. The Balaban J connectivity index is 0. The molecule has 0 fully saturated rings. The first-order valence-corrected chi connectivity index (χ1v) is 5.40. The Bertz CT molecular complexity index is 362. The molecule has 0 aromatic heterocycles. The van der Waals surface area contributed by atoms with Crippen LogP contribution in [0.4, 0.5) is 18.9 Å². The van der Waals surface area contributed by atoms with Crippen LogP contribution in [0.25, 0.3) is 5.73 Å². The zero-order valence-corrected chi connectivity index (χ0v) is 13.7. The van der Waals surface area contributed by atoms with E-state index in [1.54, 1.807) is 13.8 Å². The molecule has 0 saturated carbocycles. The van der Waals surface area contributed by atoms with E-state index in [-0.39, 0.29) is 50.1 Å². The van der Waals surface area contributed by atoms with E-state index in [0.29, 0.717) is 0 Å². The van der Waals surface area contributed by atoms with Crippen molar-refractivity contribution in [2.75, 3.05) is 12.3 Å². The number of rotatable bonds is 3. The second kappa shape index (κ2) is 9.69. The Hall–Kier alpha value is -0.166. The molecule has 3 nitrogen and oxygen atoms in total. The average molecular weight is 352 g/mol. The maximum absolute atomic E-state index is 13.2. The topological polar surface area (TPSA) is 70.0 Å². The van der Waals surface area contributed by atoms with Crippen molar-refractivity contribution < 1.29 is 51.0 Å². The van der Waals surface area contributed by atoms with Crippen LogP contribution in [0.1, 0.15) is 25.6 Å². The van der Waals surface area contributed by atoms with Crippen LogP contribution >= 0.6 is 0 Å². The van der Waals surface area contributed by atoms with Crippen molar-refractivity contribution in [1.29, 1.82) is 0 Å². The van der Waals surface area contributed by atoms with Crippen molar-refractivity contribution in [2.24, 2.45) is 0 Å².